The van der Waals surface area contributed by atoms with E-state index in [1.807, 2.05) is 24.3 Å². The number of hydrogen-bond acceptors (Lipinski definition) is 5. The number of ether oxygens (including phenoxy) is 1. The molecule has 3 rings (SSSR count). The van der Waals surface area contributed by atoms with Gasteiger partial charge in [0.1, 0.15) is 5.75 Å². The standard InChI is InChI=1S/C14H16IN3O2/c15-10-3-5-11(6-4-10)19-9-12-17-13(18-20-12)14(16)7-1-2-8-14/h3-6H,1-2,7-9,16H2. The molecule has 0 radical (unpaired) electrons. The number of rotatable bonds is 4. The molecule has 6 heteroatoms. The van der Waals surface area contributed by atoms with E-state index in [-0.39, 0.29) is 6.61 Å². The smallest absolute Gasteiger partial charge is 0.264 e. The molecule has 1 aromatic carbocycles. The van der Waals surface area contributed by atoms with Gasteiger partial charge in [0.05, 0.1) is 5.54 Å². The first-order valence-corrected chi connectivity index (χ1v) is 7.74. The highest BCUT2D eigenvalue weighted by atomic mass is 127. The molecule has 0 aliphatic heterocycles. The maximum absolute atomic E-state index is 6.29. The fourth-order valence-corrected chi connectivity index (χ4v) is 2.78. The average Bonchev–Trinajstić information content (AvgIpc) is 3.08. The van der Waals surface area contributed by atoms with E-state index in [0.29, 0.717) is 11.7 Å². The van der Waals surface area contributed by atoms with Crippen molar-refractivity contribution >= 4 is 22.6 Å². The van der Waals surface area contributed by atoms with E-state index < -0.39 is 5.54 Å². The largest absolute Gasteiger partial charge is 0.484 e. The van der Waals surface area contributed by atoms with E-state index >= 15 is 0 Å². The van der Waals surface area contributed by atoms with E-state index in [4.69, 9.17) is 15.0 Å². The van der Waals surface area contributed by atoms with Gasteiger partial charge < -0.3 is 15.0 Å². The first-order chi connectivity index (χ1) is 9.66. The monoisotopic (exact) mass is 385 g/mol. The Balaban J connectivity index is 1.64. The lowest BCUT2D eigenvalue weighted by atomic mass is 9.99. The molecule has 2 aromatic rings. The number of nitrogens with two attached hydrogens (primary N) is 1. The topological polar surface area (TPSA) is 74.2 Å². The molecule has 0 saturated heterocycles. The normalized spacial score (nSPS) is 17.3. The third kappa shape index (κ3) is 2.95. The summed E-state index contributed by atoms with van der Waals surface area (Å²) in [6, 6.07) is 7.81. The van der Waals surface area contributed by atoms with Crippen LogP contribution in [-0.4, -0.2) is 10.1 Å². The van der Waals surface area contributed by atoms with Crippen LogP contribution in [-0.2, 0) is 12.1 Å². The van der Waals surface area contributed by atoms with E-state index in [9.17, 15) is 0 Å². The van der Waals surface area contributed by atoms with Gasteiger partial charge in [-0.2, -0.15) is 4.98 Å². The van der Waals surface area contributed by atoms with Gasteiger partial charge >= 0.3 is 0 Å². The van der Waals surface area contributed by atoms with Crippen LogP contribution >= 0.6 is 22.6 Å². The van der Waals surface area contributed by atoms with Crippen LogP contribution in [0.25, 0.3) is 0 Å². The molecular formula is C14H16IN3O2. The van der Waals surface area contributed by atoms with Crippen LogP contribution in [0.3, 0.4) is 0 Å². The van der Waals surface area contributed by atoms with Gasteiger partial charge in [0.15, 0.2) is 12.4 Å². The van der Waals surface area contributed by atoms with Gasteiger partial charge in [-0.15, -0.1) is 0 Å². The van der Waals surface area contributed by atoms with Gasteiger partial charge in [0.2, 0.25) is 0 Å². The molecule has 0 unspecified atom stereocenters. The Morgan fingerprint density at radius 2 is 1.95 bits per heavy atom. The maximum atomic E-state index is 6.29. The van der Waals surface area contributed by atoms with Crippen LogP contribution < -0.4 is 10.5 Å². The number of hydrogen-bond donors (Lipinski definition) is 1. The van der Waals surface area contributed by atoms with E-state index in [2.05, 4.69) is 32.7 Å². The Morgan fingerprint density at radius 3 is 2.65 bits per heavy atom. The van der Waals surface area contributed by atoms with E-state index in [1.54, 1.807) is 0 Å². The van der Waals surface area contributed by atoms with Crippen LogP contribution in [0.15, 0.2) is 28.8 Å². The summed E-state index contributed by atoms with van der Waals surface area (Å²) in [5.74, 6) is 1.86. The fraction of sp³-hybridized carbons (Fsp3) is 0.429. The number of nitrogens with zero attached hydrogens (tertiary/aromatic N) is 2. The zero-order chi connectivity index (χ0) is 14.0. The molecule has 0 spiro atoms. The minimum atomic E-state index is -0.412. The number of benzene rings is 1. The highest BCUT2D eigenvalue weighted by Crippen LogP contribution is 2.34. The van der Waals surface area contributed by atoms with E-state index in [1.165, 1.54) is 3.57 Å². The Bertz CT molecular complexity index is 576. The van der Waals surface area contributed by atoms with Crippen LogP contribution in [0.5, 0.6) is 5.75 Å². The maximum Gasteiger partial charge on any atom is 0.264 e. The van der Waals surface area contributed by atoms with Crippen molar-refractivity contribution in [2.45, 2.75) is 37.8 Å². The molecule has 20 heavy (non-hydrogen) atoms. The van der Waals surface area contributed by atoms with Crippen molar-refractivity contribution in [2.75, 3.05) is 0 Å². The quantitative estimate of drug-likeness (QED) is 0.820. The Labute approximate surface area is 131 Å². The van der Waals surface area contributed by atoms with Crippen molar-refractivity contribution < 1.29 is 9.26 Å². The molecule has 1 aliphatic rings. The van der Waals surface area contributed by atoms with Crippen LogP contribution in [0, 0.1) is 3.57 Å². The van der Waals surface area contributed by atoms with Crippen molar-refractivity contribution in [1.29, 1.82) is 0 Å². The van der Waals surface area contributed by atoms with Crippen molar-refractivity contribution in [1.82, 2.24) is 10.1 Å². The molecule has 0 atom stereocenters. The lowest BCUT2D eigenvalue weighted by Crippen LogP contribution is -2.34. The number of aromatic nitrogens is 2. The van der Waals surface area contributed by atoms with Crippen LogP contribution in [0.4, 0.5) is 0 Å². The molecule has 1 fully saturated rings. The highest BCUT2D eigenvalue weighted by Gasteiger charge is 2.35. The predicted octanol–water partition coefficient (Wildman–Crippen LogP) is 2.98. The van der Waals surface area contributed by atoms with Crippen LogP contribution in [0.2, 0.25) is 0 Å². The highest BCUT2D eigenvalue weighted by molar-refractivity contribution is 14.1. The van der Waals surface area contributed by atoms with Gasteiger partial charge in [0.25, 0.3) is 5.89 Å². The van der Waals surface area contributed by atoms with Gasteiger partial charge in [-0.25, -0.2) is 0 Å². The summed E-state index contributed by atoms with van der Waals surface area (Å²) < 4.78 is 12.0. The first-order valence-electron chi connectivity index (χ1n) is 6.66. The summed E-state index contributed by atoms with van der Waals surface area (Å²) in [7, 11) is 0. The van der Waals surface area contributed by atoms with Gasteiger partial charge in [-0.1, -0.05) is 18.0 Å². The van der Waals surface area contributed by atoms with Crippen LogP contribution in [0.1, 0.15) is 37.4 Å². The summed E-state index contributed by atoms with van der Waals surface area (Å²) >= 11 is 2.25. The average molecular weight is 385 g/mol. The molecule has 106 valence electrons. The van der Waals surface area contributed by atoms with Crippen molar-refractivity contribution in [3.05, 3.63) is 39.6 Å². The third-order valence-electron chi connectivity index (χ3n) is 3.59. The Kier molecular flexibility index (Phi) is 3.93. The fourth-order valence-electron chi connectivity index (χ4n) is 2.42. The lowest BCUT2D eigenvalue weighted by molar-refractivity contribution is 0.241. The lowest BCUT2D eigenvalue weighted by Gasteiger charge is -2.17. The summed E-state index contributed by atoms with van der Waals surface area (Å²) in [4.78, 5) is 4.37. The Hall–Kier alpha value is -1.15. The molecule has 1 heterocycles. The van der Waals surface area contributed by atoms with Gasteiger partial charge in [0, 0.05) is 3.57 Å². The summed E-state index contributed by atoms with van der Waals surface area (Å²) in [5, 5.41) is 4.00. The molecule has 1 saturated carbocycles. The Morgan fingerprint density at radius 1 is 1.25 bits per heavy atom. The SMILES string of the molecule is NC1(c2noc(COc3ccc(I)cc3)n2)CCCC1. The molecular weight excluding hydrogens is 369 g/mol. The minimum Gasteiger partial charge on any atom is -0.484 e. The zero-order valence-electron chi connectivity index (χ0n) is 11.0. The van der Waals surface area contributed by atoms with Gasteiger partial charge in [-0.3, -0.25) is 0 Å². The molecule has 0 bridgehead atoms. The molecule has 0 amide bonds. The predicted molar refractivity (Wildman–Crippen MR) is 82.1 cm³/mol. The molecule has 5 nitrogen and oxygen atoms in total. The molecule has 2 N–H and O–H groups in total. The van der Waals surface area contributed by atoms with Crippen molar-refractivity contribution in [3.8, 4) is 5.75 Å². The first kappa shape index (κ1) is 13.8. The second-order valence-corrected chi connectivity index (χ2v) is 6.36. The van der Waals surface area contributed by atoms with Gasteiger partial charge in [-0.05, 0) is 59.7 Å². The second-order valence-electron chi connectivity index (χ2n) is 5.12. The zero-order valence-corrected chi connectivity index (χ0v) is 13.2. The van der Waals surface area contributed by atoms with E-state index in [0.717, 1.165) is 31.4 Å². The summed E-state index contributed by atoms with van der Waals surface area (Å²) in [6.07, 6.45) is 4.09. The third-order valence-corrected chi connectivity index (χ3v) is 4.30. The minimum absolute atomic E-state index is 0.268. The van der Waals surface area contributed by atoms with Crippen molar-refractivity contribution in [3.63, 3.8) is 0 Å². The number of halogens is 1. The molecule has 1 aliphatic carbocycles. The van der Waals surface area contributed by atoms with Crippen molar-refractivity contribution in [2.24, 2.45) is 5.73 Å². The summed E-state index contributed by atoms with van der Waals surface area (Å²) in [5.41, 5.74) is 5.88. The second kappa shape index (κ2) is 5.69. The molecule has 1 aromatic heterocycles. The summed E-state index contributed by atoms with van der Waals surface area (Å²) in [6.45, 7) is 0.268.